The van der Waals surface area contributed by atoms with Crippen LogP contribution in [0.15, 0.2) is 29.4 Å². The number of fused-ring (bicyclic) bond motifs is 1. The van der Waals surface area contributed by atoms with Gasteiger partial charge in [0.15, 0.2) is 5.82 Å². The van der Waals surface area contributed by atoms with Gasteiger partial charge in [0, 0.05) is 37.3 Å². The quantitative estimate of drug-likeness (QED) is 0.530. The molecule has 10 heteroatoms. The number of anilines is 3. The predicted molar refractivity (Wildman–Crippen MR) is 132 cm³/mol. The standard InChI is InChI=1S/C24H30N8O2/c1-3-32-22(31-6-8-34-9-7-31)20(13-28-32)30-23-26-5-4-19(29-23)16-10-17(12-25)21-18(11-16)24(2,15-33)14-27-21/h4,10-11,13,27,33H,3,5-9,14-15H2,1-2H3,(H2,26,29,30). The molecule has 1 fully saturated rings. The molecule has 4 N–H and O–H groups in total. The zero-order valence-corrected chi connectivity index (χ0v) is 19.6. The molecule has 1 aromatic heterocycles. The Balaban J connectivity index is 1.40. The van der Waals surface area contributed by atoms with Crippen molar-refractivity contribution in [1.82, 2.24) is 15.1 Å². The molecular formula is C24H30N8O2. The first-order chi connectivity index (χ1) is 16.6. The van der Waals surface area contributed by atoms with E-state index in [1.165, 1.54) is 0 Å². The third-order valence-electron chi connectivity index (χ3n) is 6.70. The molecule has 1 unspecified atom stereocenters. The van der Waals surface area contributed by atoms with E-state index < -0.39 is 5.41 Å². The smallest absolute Gasteiger partial charge is 0.200 e. The van der Waals surface area contributed by atoms with Gasteiger partial charge in [-0.15, -0.1) is 0 Å². The lowest BCUT2D eigenvalue weighted by Crippen LogP contribution is -2.39. The summed E-state index contributed by atoms with van der Waals surface area (Å²) >= 11 is 0. The first-order valence-electron chi connectivity index (χ1n) is 11.7. The van der Waals surface area contributed by atoms with E-state index >= 15 is 0 Å². The Morgan fingerprint density at radius 1 is 1.32 bits per heavy atom. The number of nitrogens with one attached hydrogen (secondary N) is 3. The average Bonchev–Trinajstić information content (AvgIpc) is 3.45. The molecule has 2 aromatic rings. The number of nitriles is 1. The van der Waals surface area contributed by atoms with Crippen LogP contribution >= 0.6 is 0 Å². The molecule has 4 heterocycles. The minimum atomic E-state index is -0.427. The van der Waals surface area contributed by atoms with Crippen molar-refractivity contribution in [2.24, 2.45) is 4.99 Å². The molecule has 0 aliphatic carbocycles. The van der Waals surface area contributed by atoms with Gasteiger partial charge in [0.2, 0.25) is 5.96 Å². The number of hydrogen-bond acceptors (Lipinski definition) is 9. The van der Waals surface area contributed by atoms with Crippen molar-refractivity contribution in [3.63, 3.8) is 0 Å². The number of benzene rings is 1. The molecule has 0 bridgehead atoms. The number of morpholine rings is 1. The van der Waals surface area contributed by atoms with E-state index in [0.29, 0.717) is 37.8 Å². The zero-order chi connectivity index (χ0) is 23.7. The average molecular weight is 463 g/mol. The van der Waals surface area contributed by atoms with Crippen molar-refractivity contribution in [2.75, 3.05) is 61.5 Å². The lowest BCUT2D eigenvalue weighted by Gasteiger charge is -2.30. The summed E-state index contributed by atoms with van der Waals surface area (Å²) in [6, 6.07) is 6.24. The fourth-order valence-electron chi connectivity index (χ4n) is 4.71. The molecule has 5 rings (SSSR count). The van der Waals surface area contributed by atoms with Crippen LogP contribution in [-0.2, 0) is 16.7 Å². The highest BCUT2D eigenvalue weighted by Gasteiger charge is 2.36. The van der Waals surface area contributed by atoms with E-state index in [2.05, 4.69) is 50.0 Å². The molecule has 10 nitrogen and oxygen atoms in total. The zero-order valence-electron chi connectivity index (χ0n) is 19.6. The molecule has 1 atom stereocenters. The fraction of sp³-hybridized carbons (Fsp3) is 0.458. The maximum atomic E-state index is 10.00. The Morgan fingerprint density at radius 2 is 2.15 bits per heavy atom. The lowest BCUT2D eigenvalue weighted by molar-refractivity contribution is 0.122. The maximum Gasteiger partial charge on any atom is 0.200 e. The Bertz CT molecular complexity index is 1190. The number of ether oxygens (including phenoxy) is 1. The van der Waals surface area contributed by atoms with E-state index in [-0.39, 0.29) is 6.61 Å². The van der Waals surface area contributed by atoms with Crippen molar-refractivity contribution < 1.29 is 9.84 Å². The van der Waals surface area contributed by atoms with Crippen LogP contribution in [0.5, 0.6) is 0 Å². The van der Waals surface area contributed by atoms with Crippen LogP contribution in [0.1, 0.15) is 30.5 Å². The molecule has 3 aliphatic rings. The number of hydrogen-bond donors (Lipinski definition) is 4. The third kappa shape index (κ3) is 3.87. The van der Waals surface area contributed by atoms with Crippen LogP contribution in [0, 0.1) is 11.3 Å². The monoisotopic (exact) mass is 462 g/mol. The summed E-state index contributed by atoms with van der Waals surface area (Å²) < 4.78 is 7.50. The number of aliphatic hydroxyl groups excluding tert-OH is 1. The first kappa shape index (κ1) is 22.3. The van der Waals surface area contributed by atoms with E-state index in [1.54, 1.807) is 0 Å². The summed E-state index contributed by atoms with van der Waals surface area (Å²) in [5.41, 5.74) is 4.58. The molecule has 178 valence electrons. The topological polar surface area (TPSA) is 123 Å². The van der Waals surface area contributed by atoms with Crippen LogP contribution in [0.25, 0.3) is 5.70 Å². The number of guanidine groups is 1. The van der Waals surface area contributed by atoms with Gasteiger partial charge in [-0.25, -0.2) is 9.67 Å². The van der Waals surface area contributed by atoms with Gasteiger partial charge in [-0.1, -0.05) is 6.92 Å². The second kappa shape index (κ2) is 9.00. The largest absolute Gasteiger partial charge is 0.395 e. The lowest BCUT2D eigenvalue weighted by atomic mass is 9.83. The summed E-state index contributed by atoms with van der Waals surface area (Å²) in [7, 11) is 0. The van der Waals surface area contributed by atoms with E-state index in [1.807, 2.05) is 29.9 Å². The van der Waals surface area contributed by atoms with Gasteiger partial charge in [0.05, 0.1) is 43.8 Å². The van der Waals surface area contributed by atoms with Gasteiger partial charge in [0.1, 0.15) is 11.8 Å². The number of aliphatic imine (C=N–C) groups is 1. The SMILES string of the molecule is CCn1ncc(NC2=NCC=C(c3cc(C#N)c4c(c3)C(C)(CO)CN4)N2)c1N1CCOCC1. The van der Waals surface area contributed by atoms with Crippen LogP contribution < -0.4 is 20.9 Å². The Morgan fingerprint density at radius 3 is 2.88 bits per heavy atom. The molecule has 0 saturated carbocycles. The van der Waals surface area contributed by atoms with Gasteiger partial charge in [0.25, 0.3) is 0 Å². The van der Waals surface area contributed by atoms with Gasteiger partial charge in [-0.3, -0.25) is 0 Å². The Labute approximate surface area is 198 Å². The first-order valence-corrected chi connectivity index (χ1v) is 11.7. The number of aromatic nitrogens is 2. The van der Waals surface area contributed by atoms with Gasteiger partial charge in [-0.2, -0.15) is 10.4 Å². The number of nitrogens with zero attached hydrogens (tertiary/aromatic N) is 5. The van der Waals surface area contributed by atoms with Crippen LogP contribution in [0.2, 0.25) is 0 Å². The second-order valence-electron chi connectivity index (χ2n) is 8.98. The fourth-order valence-corrected chi connectivity index (χ4v) is 4.71. The van der Waals surface area contributed by atoms with Gasteiger partial charge in [-0.05, 0) is 36.3 Å². The summed E-state index contributed by atoms with van der Waals surface area (Å²) in [6.07, 6.45) is 3.84. The summed E-state index contributed by atoms with van der Waals surface area (Å²) in [5.74, 6) is 1.66. The molecule has 1 aromatic carbocycles. The Kier molecular flexibility index (Phi) is 5.89. The maximum absolute atomic E-state index is 10.00. The minimum Gasteiger partial charge on any atom is -0.395 e. The summed E-state index contributed by atoms with van der Waals surface area (Å²) in [5, 5.41) is 34.4. The molecule has 34 heavy (non-hydrogen) atoms. The second-order valence-corrected chi connectivity index (χ2v) is 8.98. The molecule has 1 saturated heterocycles. The molecule has 0 radical (unpaired) electrons. The van der Waals surface area contributed by atoms with Crippen LogP contribution in [-0.4, -0.2) is 66.8 Å². The third-order valence-corrected chi connectivity index (χ3v) is 6.70. The van der Waals surface area contributed by atoms with Gasteiger partial charge < -0.3 is 30.7 Å². The van der Waals surface area contributed by atoms with Gasteiger partial charge >= 0.3 is 0 Å². The number of aliphatic hydroxyl groups is 1. The van der Waals surface area contributed by atoms with Crippen molar-refractivity contribution in [1.29, 1.82) is 5.26 Å². The van der Waals surface area contributed by atoms with Crippen molar-refractivity contribution in [3.05, 3.63) is 41.1 Å². The van der Waals surface area contributed by atoms with E-state index in [0.717, 1.165) is 53.7 Å². The highest BCUT2D eigenvalue weighted by Crippen LogP contribution is 2.40. The minimum absolute atomic E-state index is 0.00773. The van der Waals surface area contributed by atoms with E-state index in [9.17, 15) is 10.4 Å². The molecule has 0 spiro atoms. The predicted octanol–water partition coefficient (Wildman–Crippen LogP) is 1.70. The van der Waals surface area contributed by atoms with Crippen LogP contribution in [0.3, 0.4) is 0 Å². The summed E-state index contributed by atoms with van der Waals surface area (Å²) in [6.45, 7) is 8.99. The normalized spacial score (nSPS) is 21.6. The van der Waals surface area contributed by atoms with Crippen molar-refractivity contribution >= 4 is 28.8 Å². The van der Waals surface area contributed by atoms with E-state index in [4.69, 9.17) is 4.74 Å². The highest BCUT2D eigenvalue weighted by atomic mass is 16.5. The van der Waals surface area contributed by atoms with Crippen molar-refractivity contribution in [2.45, 2.75) is 25.8 Å². The molecule has 3 aliphatic heterocycles. The molecular weight excluding hydrogens is 432 g/mol. The number of aryl methyl sites for hydroxylation is 1. The van der Waals surface area contributed by atoms with Crippen molar-refractivity contribution in [3.8, 4) is 6.07 Å². The number of rotatable bonds is 5. The highest BCUT2D eigenvalue weighted by molar-refractivity contribution is 6.02. The summed E-state index contributed by atoms with van der Waals surface area (Å²) in [4.78, 5) is 6.88. The molecule has 0 amide bonds. The Hall–Kier alpha value is -3.55. The van der Waals surface area contributed by atoms with Crippen LogP contribution in [0.4, 0.5) is 17.2 Å².